The van der Waals surface area contributed by atoms with E-state index in [-0.39, 0.29) is 17.8 Å². The number of carbonyl (C=O) groups is 2. The lowest BCUT2D eigenvalue weighted by Gasteiger charge is -2.19. The fourth-order valence-electron chi connectivity index (χ4n) is 2.59. The Morgan fingerprint density at radius 3 is 2.35 bits per heavy atom. The van der Waals surface area contributed by atoms with Crippen LogP contribution in [-0.4, -0.2) is 17.0 Å². The monoisotopic (exact) mass is 277 g/mol. The first-order valence-electron chi connectivity index (χ1n) is 6.85. The third-order valence-electron chi connectivity index (χ3n) is 4.06. The fourth-order valence-corrected chi connectivity index (χ4v) is 2.59. The lowest BCUT2D eigenvalue weighted by atomic mass is 10.0. The molecule has 0 saturated heterocycles. The second-order valence-corrected chi connectivity index (χ2v) is 5.66. The summed E-state index contributed by atoms with van der Waals surface area (Å²) < 4.78 is 13.0. The van der Waals surface area contributed by atoms with E-state index in [1.807, 2.05) is 0 Å². The van der Waals surface area contributed by atoms with Crippen molar-refractivity contribution in [2.24, 2.45) is 17.8 Å². The van der Waals surface area contributed by atoms with Gasteiger partial charge in [-0.05, 0) is 42.9 Å². The van der Waals surface area contributed by atoms with E-state index in [0.29, 0.717) is 12.3 Å². The van der Waals surface area contributed by atoms with Gasteiger partial charge < -0.3 is 10.4 Å². The molecule has 5 heteroatoms. The molecular weight excluding hydrogens is 261 g/mol. The van der Waals surface area contributed by atoms with Crippen LogP contribution >= 0.6 is 0 Å². The predicted octanol–water partition coefficient (Wildman–Crippen LogP) is 2.11. The van der Waals surface area contributed by atoms with Gasteiger partial charge in [-0.1, -0.05) is 12.1 Å². The minimum absolute atomic E-state index is 0.127. The highest BCUT2D eigenvalue weighted by atomic mass is 19.1. The quantitative estimate of drug-likeness (QED) is 0.866. The van der Waals surface area contributed by atoms with Crippen molar-refractivity contribution >= 4 is 11.9 Å². The molecule has 2 saturated carbocycles. The van der Waals surface area contributed by atoms with Crippen LogP contribution in [0.3, 0.4) is 0 Å². The smallest absolute Gasteiger partial charge is 0.307 e. The van der Waals surface area contributed by atoms with E-state index >= 15 is 0 Å². The van der Waals surface area contributed by atoms with Crippen molar-refractivity contribution in [1.82, 2.24) is 5.32 Å². The summed E-state index contributed by atoms with van der Waals surface area (Å²) in [6.45, 7) is 0. The molecule has 2 fully saturated rings. The zero-order valence-corrected chi connectivity index (χ0v) is 10.9. The normalized spacial score (nSPS) is 25.9. The topological polar surface area (TPSA) is 66.4 Å². The summed E-state index contributed by atoms with van der Waals surface area (Å²) in [6.07, 6.45) is 2.49. The average molecular weight is 277 g/mol. The summed E-state index contributed by atoms with van der Waals surface area (Å²) in [4.78, 5) is 22.8. The molecule has 0 aliphatic heterocycles. The first-order valence-corrected chi connectivity index (χ1v) is 6.85. The van der Waals surface area contributed by atoms with Crippen molar-refractivity contribution < 1.29 is 19.1 Å². The summed E-state index contributed by atoms with van der Waals surface area (Å²) in [6, 6.07) is 6.00. The number of carbonyl (C=O) groups excluding carboxylic acids is 1. The molecule has 2 aliphatic rings. The van der Waals surface area contributed by atoms with Crippen LogP contribution in [0.4, 0.5) is 4.39 Å². The molecule has 0 spiro atoms. The van der Waals surface area contributed by atoms with Crippen LogP contribution in [0.15, 0.2) is 24.3 Å². The number of nitrogens with one attached hydrogen (secondary N) is 1. The highest BCUT2D eigenvalue weighted by molar-refractivity contribution is 5.89. The van der Waals surface area contributed by atoms with Gasteiger partial charge in [0, 0.05) is 0 Å². The maximum absolute atomic E-state index is 13.0. The van der Waals surface area contributed by atoms with E-state index in [2.05, 4.69) is 5.32 Å². The Morgan fingerprint density at radius 1 is 1.20 bits per heavy atom. The van der Waals surface area contributed by atoms with Gasteiger partial charge in [0.1, 0.15) is 5.82 Å². The molecule has 2 N–H and O–H groups in total. The van der Waals surface area contributed by atoms with Gasteiger partial charge in [-0.25, -0.2) is 4.39 Å². The number of aliphatic carboxylic acids is 1. The van der Waals surface area contributed by atoms with E-state index in [4.69, 9.17) is 5.11 Å². The van der Waals surface area contributed by atoms with Crippen LogP contribution in [-0.2, 0) is 9.59 Å². The predicted molar refractivity (Wildman–Crippen MR) is 69.2 cm³/mol. The second-order valence-electron chi connectivity index (χ2n) is 5.66. The third kappa shape index (κ3) is 2.66. The second kappa shape index (κ2) is 4.89. The largest absolute Gasteiger partial charge is 0.481 e. The van der Waals surface area contributed by atoms with Crippen LogP contribution in [0.25, 0.3) is 0 Å². The van der Waals surface area contributed by atoms with Crippen molar-refractivity contribution in [2.45, 2.75) is 25.3 Å². The minimum Gasteiger partial charge on any atom is -0.481 e. The molecule has 4 nitrogen and oxygen atoms in total. The molecule has 106 valence electrons. The van der Waals surface area contributed by atoms with Gasteiger partial charge in [0.2, 0.25) is 5.91 Å². The highest BCUT2D eigenvalue weighted by Gasteiger charge is 2.49. The van der Waals surface area contributed by atoms with Crippen LogP contribution < -0.4 is 5.32 Å². The van der Waals surface area contributed by atoms with Gasteiger partial charge in [-0.15, -0.1) is 0 Å². The van der Waals surface area contributed by atoms with Gasteiger partial charge >= 0.3 is 5.97 Å². The Bertz CT molecular complexity index is 539. The Morgan fingerprint density at radius 2 is 1.85 bits per heavy atom. The van der Waals surface area contributed by atoms with E-state index in [0.717, 1.165) is 18.4 Å². The number of carboxylic acid groups (broad SMARTS) is 1. The summed E-state index contributed by atoms with van der Waals surface area (Å²) in [5.74, 6) is -1.97. The molecule has 0 heterocycles. The third-order valence-corrected chi connectivity index (χ3v) is 4.06. The van der Waals surface area contributed by atoms with E-state index < -0.39 is 17.8 Å². The number of hydrogen-bond donors (Lipinski definition) is 2. The molecule has 1 aromatic rings. The first-order chi connectivity index (χ1) is 9.56. The number of carboxylic acids is 1. The van der Waals surface area contributed by atoms with Crippen LogP contribution in [0.5, 0.6) is 0 Å². The number of halogens is 1. The molecule has 0 radical (unpaired) electrons. The molecule has 1 amide bonds. The van der Waals surface area contributed by atoms with E-state index in [9.17, 15) is 14.0 Å². The van der Waals surface area contributed by atoms with E-state index in [1.54, 1.807) is 12.1 Å². The summed E-state index contributed by atoms with van der Waals surface area (Å²) in [5.41, 5.74) is 0.884. The maximum atomic E-state index is 13.0. The lowest BCUT2D eigenvalue weighted by Crippen LogP contribution is -2.32. The van der Waals surface area contributed by atoms with Crippen LogP contribution in [0.2, 0.25) is 0 Å². The van der Waals surface area contributed by atoms with Gasteiger partial charge in [0.15, 0.2) is 0 Å². The Hall–Kier alpha value is -1.91. The number of hydrogen-bond acceptors (Lipinski definition) is 2. The van der Waals surface area contributed by atoms with Gasteiger partial charge in [-0.3, -0.25) is 9.59 Å². The summed E-state index contributed by atoms with van der Waals surface area (Å²) >= 11 is 0. The van der Waals surface area contributed by atoms with Crippen molar-refractivity contribution in [1.29, 1.82) is 0 Å². The fraction of sp³-hybridized carbons (Fsp3) is 0.467. The molecule has 3 rings (SSSR count). The molecule has 1 aromatic carbocycles. The van der Waals surface area contributed by atoms with Crippen LogP contribution in [0.1, 0.15) is 30.9 Å². The number of amides is 1. The van der Waals surface area contributed by atoms with Crippen molar-refractivity contribution in [2.75, 3.05) is 0 Å². The van der Waals surface area contributed by atoms with E-state index in [1.165, 1.54) is 12.1 Å². The number of rotatable bonds is 5. The van der Waals surface area contributed by atoms with Gasteiger partial charge in [-0.2, -0.15) is 0 Å². The first kappa shape index (κ1) is 13.1. The zero-order chi connectivity index (χ0) is 14.3. The Kier molecular flexibility index (Phi) is 3.20. The van der Waals surface area contributed by atoms with Gasteiger partial charge in [0.05, 0.1) is 17.9 Å². The zero-order valence-electron chi connectivity index (χ0n) is 10.9. The molecule has 0 aromatic heterocycles. The van der Waals surface area contributed by atoms with Crippen molar-refractivity contribution in [3.05, 3.63) is 35.6 Å². The molecule has 2 aliphatic carbocycles. The average Bonchev–Trinajstić information content (AvgIpc) is 3.28. The highest BCUT2D eigenvalue weighted by Crippen LogP contribution is 2.43. The van der Waals surface area contributed by atoms with Gasteiger partial charge in [0.25, 0.3) is 0 Å². The SMILES string of the molecule is O=C(N[C@H](c1ccc(F)cc1)C1CC1)[C@H]1C[C@H]1C(=O)O. The van der Waals surface area contributed by atoms with Crippen LogP contribution in [0, 0.1) is 23.6 Å². The number of benzene rings is 1. The standard InChI is InChI=1S/C15H16FNO3/c16-10-5-3-9(4-6-10)13(8-1-2-8)17-14(18)11-7-12(11)15(19)20/h3-6,8,11-13H,1-2,7H2,(H,17,18)(H,19,20)/t11-,12+,13-/m0/s1. The summed E-state index contributed by atoms with van der Waals surface area (Å²) in [5, 5.41) is 11.8. The molecule has 3 atom stereocenters. The Balaban J connectivity index is 1.68. The van der Waals surface area contributed by atoms with Crippen molar-refractivity contribution in [3.63, 3.8) is 0 Å². The molecular formula is C15H16FNO3. The van der Waals surface area contributed by atoms with Crippen molar-refractivity contribution in [3.8, 4) is 0 Å². The minimum atomic E-state index is -0.907. The maximum Gasteiger partial charge on any atom is 0.307 e. The lowest BCUT2D eigenvalue weighted by molar-refractivity contribution is -0.140. The molecule has 0 bridgehead atoms. The Labute approximate surface area is 116 Å². The summed E-state index contributed by atoms with van der Waals surface area (Å²) in [7, 11) is 0. The molecule has 20 heavy (non-hydrogen) atoms. The molecule has 0 unspecified atom stereocenters.